The van der Waals surface area contributed by atoms with E-state index in [1.165, 1.54) is 10.9 Å². The molecule has 2 heterocycles. The minimum Gasteiger partial charge on any atom is -0.449 e. The summed E-state index contributed by atoms with van der Waals surface area (Å²) in [5, 5.41) is 1.19. The average molecular weight is 327 g/mol. The summed E-state index contributed by atoms with van der Waals surface area (Å²) in [6.07, 6.45) is -0.203. The number of anilines is 1. The molecule has 24 heavy (non-hydrogen) atoms. The van der Waals surface area contributed by atoms with Gasteiger partial charge in [-0.25, -0.2) is 9.78 Å². The molecule has 5 nitrogen and oxygen atoms in total. The molecule has 5 heteroatoms. The van der Waals surface area contributed by atoms with Crippen molar-refractivity contribution in [1.29, 1.82) is 0 Å². The van der Waals surface area contributed by atoms with Crippen molar-refractivity contribution in [2.45, 2.75) is 20.8 Å². The highest BCUT2D eigenvalue weighted by Gasteiger charge is 2.23. The Hall–Kier alpha value is -2.30. The van der Waals surface area contributed by atoms with Gasteiger partial charge in [0.05, 0.1) is 12.1 Å². The molecule has 1 amide bonds. The van der Waals surface area contributed by atoms with Crippen molar-refractivity contribution in [3.8, 4) is 0 Å². The largest absolute Gasteiger partial charge is 0.449 e. The average Bonchev–Trinajstić information content (AvgIpc) is 2.60. The molecule has 0 atom stereocenters. The van der Waals surface area contributed by atoms with Gasteiger partial charge in [-0.3, -0.25) is 0 Å². The number of ether oxygens (including phenoxy) is 1. The number of amides is 1. The highest BCUT2D eigenvalue weighted by atomic mass is 16.6. The van der Waals surface area contributed by atoms with Gasteiger partial charge in [0, 0.05) is 31.6 Å². The van der Waals surface area contributed by atoms with Gasteiger partial charge in [0.2, 0.25) is 0 Å². The smallest absolute Gasteiger partial charge is 0.409 e. The molecule has 0 N–H and O–H groups in total. The topological polar surface area (TPSA) is 45.7 Å². The number of carbonyl (C=O) groups excluding carboxylic acids is 1. The van der Waals surface area contributed by atoms with E-state index in [1.54, 1.807) is 4.90 Å². The molecule has 0 bridgehead atoms. The van der Waals surface area contributed by atoms with Crippen LogP contribution in [0.3, 0.4) is 0 Å². The molecule has 1 aliphatic heterocycles. The molecule has 0 spiro atoms. The third kappa shape index (κ3) is 3.61. The zero-order chi connectivity index (χ0) is 17.1. The Morgan fingerprint density at radius 1 is 1.21 bits per heavy atom. The number of piperazine rings is 1. The summed E-state index contributed by atoms with van der Waals surface area (Å²) in [7, 11) is 0. The molecule has 0 unspecified atom stereocenters. The fourth-order valence-corrected chi connectivity index (χ4v) is 2.94. The number of pyridine rings is 1. The molecule has 1 fully saturated rings. The Bertz CT molecular complexity index is 722. The Kier molecular flexibility index (Phi) is 4.88. The van der Waals surface area contributed by atoms with Gasteiger partial charge in [0.15, 0.2) is 0 Å². The maximum absolute atomic E-state index is 12.0. The zero-order valence-electron chi connectivity index (χ0n) is 14.7. The third-order valence-corrected chi connectivity index (χ3v) is 4.31. The molecular weight excluding hydrogens is 302 g/mol. The van der Waals surface area contributed by atoms with E-state index in [4.69, 9.17) is 9.72 Å². The Morgan fingerprint density at radius 3 is 2.62 bits per heavy atom. The lowest BCUT2D eigenvalue weighted by atomic mass is 10.1. The van der Waals surface area contributed by atoms with Gasteiger partial charge >= 0.3 is 6.09 Å². The number of carbonyl (C=O) groups is 1. The van der Waals surface area contributed by atoms with Crippen LogP contribution in [0.2, 0.25) is 0 Å². The van der Waals surface area contributed by atoms with Gasteiger partial charge in [0.1, 0.15) is 5.82 Å². The van der Waals surface area contributed by atoms with Crippen molar-refractivity contribution in [3.63, 3.8) is 0 Å². The second kappa shape index (κ2) is 7.07. The van der Waals surface area contributed by atoms with Crippen LogP contribution in [-0.4, -0.2) is 48.8 Å². The minimum atomic E-state index is -0.203. The Morgan fingerprint density at radius 2 is 1.92 bits per heavy atom. The van der Waals surface area contributed by atoms with Crippen LogP contribution in [0.4, 0.5) is 10.6 Å². The molecule has 128 valence electrons. The predicted octanol–water partition coefficient (Wildman–Crippen LogP) is 3.46. The lowest BCUT2D eigenvalue weighted by Gasteiger charge is -2.35. The number of fused-ring (bicyclic) bond motifs is 1. The van der Waals surface area contributed by atoms with Gasteiger partial charge in [-0.2, -0.15) is 0 Å². The summed E-state index contributed by atoms with van der Waals surface area (Å²) in [6.45, 7) is 9.58. The van der Waals surface area contributed by atoms with Crippen molar-refractivity contribution in [2.75, 3.05) is 37.7 Å². The van der Waals surface area contributed by atoms with Crippen LogP contribution in [0.1, 0.15) is 19.4 Å². The van der Waals surface area contributed by atoms with Crippen LogP contribution >= 0.6 is 0 Å². The molecule has 1 aromatic carbocycles. The lowest BCUT2D eigenvalue weighted by Crippen LogP contribution is -2.49. The molecular formula is C19H25N3O2. The normalized spacial score (nSPS) is 15.2. The first kappa shape index (κ1) is 16.6. The number of aryl methyl sites for hydroxylation is 1. The number of rotatable bonds is 3. The van der Waals surface area contributed by atoms with Crippen LogP contribution < -0.4 is 4.90 Å². The fourth-order valence-electron chi connectivity index (χ4n) is 2.94. The van der Waals surface area contributed by atoms with Crippen molar-refractivity contribution >= 4 is 22.8 Å². The summed E-state index contributed by atoms with van der Waals surface area (Å²) >= 11 is 0. The second-order valence-electron chi connectivity index (χ2n) is 6.76. The Balaban J connectivity index is 1.65. The number of benzene rings is 1. The molecule has 3 rings (SSSR count). The maximum atomic E-state index is 12.0. The summed E-state index contributed by atoms with van der Waals surface area (Å²) in [5.74, 6) is 1.35. The first-order chi connectivity index (χ1) is 11.5. The first-order valence-electron chi connectivity index (χ1n) is 8.57. The number of nitrogens with zero attached hydrogens (tertiary/aromatic N) is 3. The van der Waals surface area contributed by atoms with Gasteiger partial charge in [-0.1, -0.05) is 32.0 Å². The van der Waals surface area contributed by atoms with Gasteiger partial charge in [-0.15, -0.1) is 0 Å². The number of hydrogen-bond acceptors (Lipinski definition) is 4. The summed E-state index contributed by atoms with van der Waals surface area (Å²) in [5.41, 5.74) is 2.25. The van der Waals surface area contributed by atoms with Crippen molar-refractivity contribution in [1.82, 2.24) is 9.88 Å². The van der Waals surface area contributed by atoms with E-state index in [0.717, 1.165) is 24.4 Å². The molecule has 0 saturated carbocycles. The van der Waals surface area contributed by atoms with Crippen LogP contribution in [0.25, 0.3) is 10.9 Å². The first-order valence-corrected chi connectivity index (χ1v) is 8.57. The molecule has 1 saturated heterocycles. The van der Waals surface area contributed by atoms with Crippen LogP contribution in [0.5, 0.6) is 0 Å². The molecule has 0 radical (unpaired) electrons. The van der Waals surface area contributed by atoms with E-state index < -0.39 is 0 Å². The van der Waals surface area contributed by atoms with Gasteiger partial charge < -0.3 is 14.5 Å². The molecule has 1 aliphatic rings. The molecule has 2 aromatic rings. The monoisotopic (exact) mass is 327 g/mol. The van der Waals surface area contributed by atoms with E-state index >= 15 is 0 Å². The SMILES string of the molecule is Cc1cc(N2CCN(C(=O)OCC(C)C)CC2)nc2ccccc12. The fraction of sp³-hybridized carbons (Fsp3) is 0.474. The predicted molar refractivity (Wildman–Crippen MR) is 96.5 cm³/mol. The summed E-state index contributed by atoms with van der Waals surface area (Å²) < 4.78 is 5.31. The third-order valence-electron chi connectivity index (χ3n) is 4.31. The maximum Gasteiger partial charge on any atom is 0.409 e. The van der Waals surface area contributed by atoms with Crippen molar-refractivity contribution < 1.29 is 9.53 Å². The lowest BCUT2D eigenvalue weighted by molar-refractivity contribution is 0.0901. The van der Waals surface area contributed by atoms with E-state index in [1.807, 2.05) is 32.0 Å². The highest BCUT2D eigenvalue weighted by molar-refractivity contribution is 5.83. The highest BCUT2D eigenvalue weighted by Crippen LogP contribution is 2.23. The standard InChI is InChI=1S/C19H25N3O2/c1-14(2)13-24-19(23)22-10-8-21(9-11-22)18-12-15(3)16-6-4-5-7-17(16)20-18/h4-7,12,14H,8-11,13H2,1-3H3. The zero-order valence-corrected chi connectivity index (χ0v) is 14.7. The van der Waals surface area contributed by atoms with Crippen molar-refractivity contribution in [2.24, 2.45) is 5.92 Å². The number of para-hydroxylation sites is 1. The van der Waals surface area contributed by atoms with Crippen LogP contribution in [0.15, 0.2) is 30.3 Å². The second-order valence-corrected chi connectivity index (χ2v) is 6.76. The number of hydrogen-bond donors (Lipinski definition) is 0. The van der Waals surface area contributed by atoms with E-state index in [-0.39, 0.29) is 6.09 Å². The van der Waals surface area contributed by atoms with E-state index in [0.29, 0.717) is 25.6 Å². The van der Waals surface area contributed by atoms with Crippen LogP contribution in [-0.2, 0) is 4.74 Å². The molecule has 0 aliphatic carbocycles. The van der Waals surface area contributed by atoms with Crippen LogP contribution in [0, 0.1) is 12.8 Å². The minimum absolute atomic E-state index is 0.203. The molecule has 1 aromatic heterocycles. The van der Waals surface area contributed by atoms with Crippen molar-refractivity contribution in [3.05, 3.63) is 35.9 Å². The summed E-state index contributed by atoms with van der Waals surface area (Å²) in [4.78, 5) is 20.9. The number of aromatic nitrogens is 1. The van der Waals surface area contributed by atoms with E-state index in [9.17, 15) is 4.79 Å². The van der Waals surface area contributed by atoms with Gasteiger partial charge in [0.25, 0.3) is 0 Å². The Labute approximate surface area is 143 Å². The summed E-state index contributed by atoms with van der Waals surface area (Å²) in [6, 6.07) is 10.3. The van der Waals surface area contributed by atoms with E-state index in [2.05, 4.69) is 24.0 Å². The quantitative estimate of drug-likeness (QED) is 0.866. The van der Waals surface area contributed by atoms with Gasteiger partial charge in [-0.05, 0) is 30.5 Å².